The van der Waals surface area contributed by atoms with E-state index in [-0.39, 0.29) is 0 Å². The topological polar surface area (TPSA) is 89.1 Å². The zero-order valence-electron chi connectivity index (χ0n) is 20.6. The second-order valence-electron chi connectivity index (χ2n) is 8.69. The molecule has 1 rings (SSSR count). The van der Waals surface area contributed by atoms with Gasteiger partial charge in [0.1, 0.15) is 6.10 Å². The summed E-state index contributed by atoms with van der Waals surface area (Å²) >= 11 is 0. The van der Waals surface area contributed by atoms with Gasteiger partial charge >= 0.3 is 7.82 Å². The molecule has 0 saturated carbocycles. The number of ether oxygens (including phenoxy) is 2. The highest BCUT2D eigenvalue weighted by molar-refractivity contribution is 7.46. The Kier molecular flexibility index (Phi) is 18.8. The molecule has 0 fully saturated rings. The quantitative estimate of drug-likeness (QED) is 0.119. The molecule has 1 unspecified atom stereocenters. The molecule has 0 aliphatic carbocycles. The third kappa shape index (κ3) is 20.3. The van der Waals surface area contributed by atoms with Crippen molar-refractivity contribution in [3.8, 4) is 0 Å². The Morgan fingerprint density at radius 3 is 1.79 bits per heavy atom. The summed E-state index contributed by atoms with van der Waals surface area (Å²) in [6, 6.07) is 5.60. The molecule has 2 N–H and O–H groups in total. The lowest BCUT2D eigenvalue weighted by molar-refractivity contribution is -0.703. The molecule has 0 spiro atoms. The van der Waals surface area contributed by atoms with E-state index in [9.17, 15) is 4.57 Å². The summed E-state index contributed by atoms with van der Waals surface area (Å²) in [6.07, 6.45) is 19.4. The maximum absolute atomic E-state index is 11.2. The summed E-state index contributed by atoms with van der Waals surface area (Å²) in [6.45, 7) is 4.74. The van der Waals surface area contributed by atoms with Crippen molar-refractivity contribution < 1.29 is 32.9 Å². The number of aromatic nitrogens is 1. The van der Waals surface area contributed by atoms with Gasteiger partial charge in [-0.1, -0.05) is 83.6 Å². The Labute approximate surface area is 201 Å². The van der Waals surface area contributed by atoms with Gasteiger partial charge in [-0.05, 0) is 6.42 Å². The van der Waals surface area contributed by atoms with Crippen LogP contribution in [0.2, 0.25) is 0 Å². The second-order valence-corrected chi connectivity index (χ2v) is 9.88. The molecule has 0 bridgehead atoms. The molecule has 1 aromatic heterocycles. The largest absolute Gasteiger partial charge is 0.470 e. The molecule has 0 saturated heterocycles. The van der Waals surface area contributed by atoms with E-state index < -0.39 is 13.9 Å². The van der Waals surface area contributed by atoms with Gasteiger partial charge < -0.3 is 19.3 Å². The average molecular weight is 489 g/mol. The van der Waals surface area contributed by atoms with Gasteiger partial charge in [0.15, 0.2) is 18.9 Å². The molecule has 0 aliphatic rings. The Morgan fingerprint density at radius 1 is 0.727 bits per heavy atom. The van der Waals surface area contributed by atoms with E-state index in [0.29, 0.717) is 32.8 Å². The molecule has 1 aromatic rings. The first-order valence-electron chi connectivity index (χ1n) is 12.8. The lowest BCUT2D eigenvalue weighted by Gasteiger charge is -2.15. The van der Waals surface area contributed by atoms with Gasteiger partial charge in [-0.3, -0.25) is 4.52 Å². The highest BCUT2D eigenvalue weighted by Crippen LogP contribution is 2.38. The van der Waals surface area contributed by atoms with E-state index in [1.807, 2.05) is 35.2 Å². The van der Waals surface area contributed by atoms with Crippen molar-refractivity contribution in [2.75, 3.05) is 26.4 Å². The minimum Gasteiger partial charge on any atom is -0.379 e. The molecule has 0 amide bonds. The predicted octanol–water partition coefficient (Wildman–Crippen LogP) is 5.58. The van der Waals surface area contributed by atoms with Gasteiger partial charge in [0, 0.05) is 31.8 Å². The summed E-state index contributed by atoms with van der Waals surface area (Å²) in [7, 11) is -4.55. The summed E-state index contributed by atoms with van der Waals surface area (Å²) in [5, 5.41) is 0. The number of unbranched alkanes of at least 4 members (excludes halogenated alkanes) is 11. The normalized spacial score (nSPS) is 12.8. The van der Waals surface area contributed by atoms with Crippen LogP contribution in [0, 0.1) is 0 Å². The molecule has 0 aliphatic heterocycles. The first-order chi connectivity index (χ1) is 16.0. The molecule has 0 radical (unpaired) electrons. The summed E-state index contributed by atoms with van der Waals surface area (Å²) in [4.78, 5) is 18.3. The molecule has 7 nitrogen and oxygen atoms in total. The van der Waals surface area contributed by atoms with Crippen LogP contribution in [0.25, 0.3) is 0 Å². The van der Waals surface area contributed by atoms with E-state index in [0.717, 1.165) is 13.0 Å². The van der Waals surface area contributed by atoms with Crippen molar-refractivity contribution in [1.29, 1.82) is 0 Å². The Balaban J connectivity index is 1.93. The van der Waals surface area contributed by atoms with Gasteiger partial charge in [-0.25, -0.2) is 9.13 Å². The molecular weight excluding hydrogens is 441 g/mol. The smallest absolute Gasteiger partial charge is 0.379 e. The average Bonchev–Trinajstić information content (AvgIpc) is 2.78. The SMILES string of the molecule is CCCCCCCCCCCCCCOCCOCCC(C[n+]1ccccc1)OP(=O)(O)O. The highest BCUT2D eigenvalue weighted by atomic mass is 31.2. The van der Waals surface area contributed by atoms with E-state index in [1.54, 1.807) is 0 Å². The summed E-state index contributed by atoms with van der Waals surface area (Å²) in [5.41, 5.74) is 0. The molecule has 8 heteroatoms. The Bertz CT molecular complexity index is 598. The second kappa shape index (κ2) is 20.5. The minimum absolute atomic E-state index is 0.352. The van der Waals surface area contributed by atoms with Crippen molar-refractivity contribution in [2.45, 2.75) is 103 Å². The monoisotopic (exact) mass is 488 g/mol. The first-order valence-corrected chi connectivity index (χ1v) is 14.4. The van der Waals surface area contributed by atoms with Crippen molar-refractivity contribution in [1.82, 2.24) is 0 Å². The van der Waals surface area contributed by atoms with Crippen LogP contribution in [-0.2, 0) is 25.1 Å². The predicted molar refractivity (Wildman–Crippen MR) is 131 cm³/mol. The van der Waals surface area contributed by atoms with Gasteiger partial charge in [0.25, 0.3) is 0 Å². The van der Waals surface area contributed by atoms with Crippen LogP contribution >= 0.6 is 7.82 Å². The van der Waals surface area contributed by atoms with Gasteiger partial charge in [-0.15, -0.1) is 0 Å². The molecule has 1 heterocycles. The number of phosphoric ester groups is 1. The molecule has 192 valence electrons. The molecular formula is C25H47NO6P+. The van der Waals surface area contributed by atoms with E-state index in [4.69, 9.17) is 23.8 Å². The zero-order chi connectivity index (χ0) is 24.0. The number of nitrogens with zero attached hydrogens (tertiary/aromatic N) is 1. The van der Waals surface area contributed by atoms with E-state index in [1.165, 1.54) is 70.6 Å². The van der Waals surface area contributed by atoms with E-state index in [2.05, 4.69) is 6.92 Å². The van der Waals surface area contributed by atoms with Crippen LogP contribution in [-0.4, -0.2) is 42.3 Å². The molecule has 1 atom stereocenters. The lowest BCUT2D eigenvalue weighted by Crippen LogP contribution is -2.40. The lowest BCUT2D eigenvalue weighted by atomic mass is 10.1. The number of hydrogen-bond acceptors (Lipinski definition) is 4. The fraction of sp³-hybridized carbons (Fsp3) is 0.800. The Hall–Kier alpha value is -0.820. The van der Waals surface area contributed by atoms with Crippen LogP contribution in [0.5, 0.6) is 0 Å². The van der Waals surface area contributed by atoms with Gasteiger partial charge in [-0.2, -0.15) is 0 Å². The van der Waals surface area contributed by atoms with Crippen LogP contribution in [0.4, 0.5) is 0 Å². The van der Waals surface area contributed by atoms with Gasteiger partial charge in [0.05, 0.1) is 13.2 Å². The first kappa shape index (κ1) is 30.2. The minimum atomic E-state index is -4.55. The number of pyridine rings is 1. The maximum Gasteiger partial charge on any atom is 0.470 e. The standard InChI is InChI=1S/C25H46NO6P/c1-2-3-4-5-6-7-8-9-10-11-12-16-20-30-22-23-31-21-17-25(32-33(27,28)29)24-26-18-14-13-15-19-26/h13-15,18-19,25H,2-12,16-17,20-24H2,1H3,(H-,27,28,29)/p+1. The third-order valence-electron chi connectivity index (χ3n) is 5.58. The highest BCUT2D eigenvalue weighted by Gasteiger charge is 2.25. The summed E-state index contributed by atoms with van der Waals surface area (Å²) in [5.74, 6) is 0. The van der Waals surface area contributed by atoms with Crippen molar-refractivity contribution in [3.63, 3.8) is 0 Å². The van der Waals surface area contributed by atoms with Crippen LogP contribution in [0.1, 0.15) is 90.4 Å². The molecule has 0 aromatic carbocycles. The van der Waals surface area contributed by atoms with Crippen molar-refractivity contribution in [2.24, 2.45) is 0 Å². The maximum atomic E-state index is 11.2. The van der Waals surface area contributed by atoms with Crippen molar-refractivity contribution >= 4 is 7.82 Å². The van der Waals surface area contributed by atoms with Gasteiger partial charge in [0.2, 0.25) is 0 Å². The zero-order valence-corrected chi connectivity index (χ0v) is 21.5. The number of rotatable bonds is 23. The fourth-order valence-corrected chi connectivity index (χ4v) is 4.31. The number of phosphoric acid groups is 1. The van der Waals surface area contributed by atoms with Crippen molar-refractivity contribution in [3.05, 3.63) is 30.6 Å². The fourth-order valence-electron chi connectivity index (χ4n) is 3.74. The van der Waals surface area contributed by atoms with Crippen LogP contribution < -0.4 is 4.57 Å². The van der Waals surface area contributed by atoms with E-state index >= 15 is 0 Å². The van der Waals surface area contributed by atoms with Crippen LogP contribution in [0.3, 0.4) is 0 Å². The number of hydrogen-bond donors (Lipinski definition) is 2. The summed E-state index contributed by atoms with van der Waals surface area (Å²) < 4.78 is 29.2. The third-order valence-corrected chi connectivity index (χ3v) is 6.15. The molecule has 33 heavy (non-hydrogen) atoms. The van der Waals surface area contributed by atoms with Crippen LogP contribution in [0.15, 0.2) is 30.6 Å². The Morgan fingerprint density at radius 2 is 1.24 bits per heavy atom.